The lowest BCUT2D eigenvalue weighted by atomic mass is 9.87. The van der Waals surface area contributed by atoms with Crippen LogP contribution >= 0.6 is 15.9 Å². The van der Waals surface area contributed by atoms with Crippen molar-refractivity contribution in [3.63, 3.8) is 0 Å². The molecule has 218 valence electrons. The Bertz CT molecular complexity index is 1540. The number of aliphatic carboxylic acids is 1. The van der Waals surface area contributed by atoms with Crippen molar-refractivity contribution in [2.75, 3.05) is 18.4 Å². The lowest BCUT2D eigenvalue weighted by molar-refractivity contribution is -0.274. The van der Waals surface area contributed by atoms with Crippen LogP contribution in [0, 0.1) is 0 Å². The minimum absolute atomic E-state index is 0.0168. The summed E-state index contributed by atoms with van der Waals surface area (Å²) in [5.74, 6) is -5.13. The molecule has 0 fully saturated rings. The van der Waals surface area contributed by atoms with Gasteiger partial charge in [-0.1, -0.05) is 15.9 Å². The minimum Gasteiger partial charge on any atom is -0.481 e. The number of guanidine groups is 1. The van der Waals surface area contributed by atoms with Gasteiger partial charge >= 0.3 is 12.3 Å². The first-order valence-electron chi connectivity index (χ1n) is 11.8. The normalized spacial score (nSPS) is 16.8. The smallest absolute Gasteiger partial charge is 0.481 e. The number of carbonyl (C=O) groups is 3. The molecule has 1 aromatic heterocycles. The molecule has 2 heterocycles. The minimum atomic E-state index is -5.04. The second-order valence-electron chi connectivity index (χ2n) is 9.02. The van der Waals surface area contributed by atoms with E-state index in [2.05, 4.69) is 41.4 Å². The topological polar surface area (TPSA) is 187 Å². The molecule has 2 amide bonds. The van der Waals surface area contributed by atoms with E-state index in [1.54, 1.807) is 0 Å². The summed E-state index contributed by atoms with van der Waals surface area (Å²) in [5, 5.41) is 19.9. The summed E-state index contributed by atoms with van der Waals surface area (Å²) in [4.78, 5) is 40.9. The summed E-state index contributed by atoms with van der Waals surface area (Å²) in [5.41, 5.74) is 11.5. The monoisotopic (exact) mass is 643 g/mol. The average molecular weight is 644 g/mol. The fraction of sp³-hybridized carbons (Fsp3) is 0.292. The van der Waals surface area contributed by atoms with Crippen molar-refractivity contribution in [2.24, 2.45) is 16.5 Å². The number of carboxylic acids is 1. The Morgan fingerprint density at radius 1 is 1.22 bits per heavy atom. The highest BCUT2D eigenvalue weighted by Gasteiger charge is 2.36. The maximum atomic E-state index is 13.5. The second-order valence-corrected chi connectivity index (χ2v) is 9.94. The highest BCUT2D eigenvalue weighted by Crippen LogP contribution is 2.39. The maximum Gasteiger partial charge on any atom is 0.573 e. The Hall–Kier alpha value is -4.41. The van der Waals surface area contributed by atoms with E-state index in [0.29, 0.717) is 5.39 Å². The molecular weight excluding hydrogens is 622 g/mol. The van der Waals surface area contributed by atoms with Gasteiger partial charge in [0.15, 0.2) is 5.96 Å². The number of benzene rings is 2. The summed E-state index contributed by atoms with van der Waals surface area (Å²) in [7, 11) is 0. The first-order valence-corrected chi connectivity index (χ1v) is 12.6. The fourth-order valence-corrected chi connectivity index (χ4v) is 4.91. The van der Waals surface area contributed by atoms with Gasteiger partial charge in [0.05, 0.1) is 36.9 Å². The van der Waals surface area contributed by atoms with Crippen LogP contribution in [0.2, 0.25) is 0 Å². The third kappa shape index (κ3) is 7.03. The first-order chi connectivity index (χ1) is 19.2. The number of fused-ring (bicyclic) bond motifs is 1. The largest absolute Gasteiger partial charge is 0.573 e. The number of aromatic nitrogens is 2. The molecule has 2 unspecified atom stereocenters. The fourth-order valence-electron chi connectivity index (χ4n) is 4.42. The van der Waals surface area contributed by atoms with Gasteiger partial charge in [-0.05, 0) is 35.9 Å². The molecule has 2 aromatic carbocycles. The molecule has 4 rings (SSSR count). The quantitative estimate of drug-likeness (QED) is 0.220. The SMILES string of the molecule is NC(=O)c1cc(NC2=NCC(F)CN2)c2cnn(C(C(N)=O)[C@@H](CC(=O)O)c3cc(Br)cc(OC(F)(F)F)c3)c2c1. The second kappa shape index (κ2) is 11.6. The molecule has 1 aliphatic heterocycles. The number of carbonyl (C=O) groups excluding carboxylic acids is 2. The molecule has 0 aliphatic carbocycles. The van der Waals surface area contributed by atoms with E-state index in [1.165, 1.54) is 24.4 Å². The van der Waals surface area contributed by atoms with Crippen LogP contribution in [0.4, 0.5) is 23.2 Å². The number of rotatable bonds is 9. The van der Waals surface area contributed by atoms with E-state index in [4.69, 9.17) is 11.5 Å². The summed E-state index contributed by atoms with van der Waals surface area (Å²) in [6, 6.07) is 4.40. The number of hydrogen-bond acceptors (Lipinski definition) is 8. The third-order valence-electron chi connectivity index (χ3n) is 6.08. The van der Waals surface area contributed by atoms with Crippen LogP contribution in [0.5, 0.6) is 5.75 Å². The lowest BCUT2D eigenvalue weighted by Gasteiger charge is -2.26. The number of aliphatic imine (C=N–C) groups is 1. The van der Waals surface area contributed by atoms with E-state index >= 15 is 0 Å². The molecule has 1 aliphatic rings. The number of halogens is 5. The molecular formula is C24H22BrF4N7O5. The van der Waals surface area contributed by atoms with Crippen molar-refractivity contribution >= 4 is 56.3 Å². The van der Waals surface area contributed by atoms with Crippen LogP contribution in [0.1, 0.15) is 34.3 Å². The van der Waals surface area contributed by atoms with E-state index in [9.17, 15) is 37.1 Å². The number of carboxylic acid groups (broad SMARTS) is 1. The zero-order chi connectivity index (χ0) is 30.1. The molecule has 12 nitrogen and oxygen atoms in total. The molecule has 7 N–H and O–H groups in total. The van der Waals surface area contributed by atoms with Crippen molar-refractivity contribution in [3.8, 4) is 5.75 Å². The van der Waals surface area contributed by atoms with Crippen LogP contribution < -0.4 is 26.8 Å². The number of ether oxygens (including phenoxy) is 1. The van der Waals surface area contributed by atoms with Gasteiger partial charge in [-0.15, -0.1) is 13.2 Å². The van der Waals surface area contributed by atoms with Gasteiger partial charge in [-0.2, -0.15) is 5.10 Å². The van der Waals surface area contributed by atoms with Crippen LogP contribution in [0.3, 0.4) is 0 Å². The number of nitrogens with two attached hydrogens (primary N) is 2. The molecule has 3 atom stereocenters. The molecule has 0 bridgehead atoms. The van der Waals surface area contributed by atoms with E-state index in [-0.39, 0.29) is 45.9 Å². The number of anilines is 1. The summed E-state index contributed by atoms with van der Waals surface area (Å²) >= 11 is 3.08. The average Bonchev–Trinajstić information content (AvgIpc) is 3.27. The van der Waals surface area contributed by atoms with Crippen LogP contribution in [0.15, 0.2) is 46.0 Å². The van der Waals surface area contributed by atoms with E-state index in [1.807, 2.05) is 0 Å². The van der Waals surface area contributed by atoms with E-state index < -0.39 is 54.4 Å². The van der Waals surface area contributed by atoms with Gasteiger partial charge in [0.25, 0.3) is 0 Å². The predicted molar refractivity (Wildman–Crippen MR) is 141 cm³/mol. The predicted octanol–water partition coefficient (Wildman–Crippen LogP) is 2.79. The van der Waals surface area contributed by atoms with Crippen LogP contribution in [-0.2, 0) is 9.59 Å². The summed E-state index contributed by atoms with van der Waals surface area (Å²) in [6.45, 7) is -0.127. The van der Waals surface area contributed by atoms with Gasteiger partial charge in [0, 0.05) is 21.3 Å². The van der Waals surface area contributed by atoms with Gasteiger partial charge in [-0.25, -0.2) is 9.38 Å². The Balaban J connectivity index is 1.87. The molecule has 3 aromatic rings. The number of hydrogen-bond donors (Lipinski definition) is 5. The third-order valence-corrected chi connectivity index (χ3v) is 6.54. The van der Waals surface area contributed by atoms with Gasteiger partial charge in [0.2, 0.25) is 11.8 Å². The van der Waals surface area contributed by atoms with Crippen LogP contribution in [0.25, 0.3) is 10.9 Å². The van der Waals surface area contributed by atoms with Crippen molar-refractivity contribution in [1.82, 2.24) is 15.1 Å². The van der Waals surface area contributed by atoms with Crippen molar-refractivity contribution < 1.29 is 41.8 Å². The molecule has 17 heteroatoms. The Morgan fingerprint density at radius 3 is 2.54 bits per heavy atom. The van der Waals surface area contributed by atoms with Gasteiger partial charge < -0.3 is 31.9 Å². The number of primary amides is 2. The highest BCUT2D eigenvalue weighted by atomic mass is 79.9. The lowest BCUT2D eigenvalue weighted by Crippen LogP contribution is -2.41. The number of amides is 2. The standard InChI is InChI=1S/C24H22BrF4N7O5/c25-12-1-10(2-14(5-12)41-24(27,28)29)15(6-19(37)38)20(22(31)40)36-18-4-11(21(30)39)3-17(16(18)9-34-36)35-23-32-7-13(26)8-33-23/h1-5,9,13,15,20H,6-8H2,(H2,30,39)(H2,31,40)(H,37,38)(H2,32,33,35)/t15-,20?/m0/s1. The summed E-state index contributed by atoms with van der Waals surface area (Å²) < 4.78 is 57.5. The van der Waals surface area contributed by atoms with Gasteiger partial charge in [-0.3, -0.25) is 19.1 Å². The zero-order valence-corrected chi connectivity index (χ0v) is 22.4. The highest BCUT2D eigenvalue weighted by molar-refractivity contribution is 9.10. The molecule has 0 radical (unpaired) electrons. The van der Waals surface area contributed by atoms with E-state index in [0.717, 1.165) is 16.8 Å². The van der Waals surface area contributed by atoms with Crippen LogP contribution in [-0.4, -0.2) is 64.3 Å². The maximum absolute atomic E-state index is 13.5. The number of nitrogens with zero attached hydrogens (tertiary/aromatic N) is 3. The molecule has 0 saturated heterocycles. The zero-order valence-electron chi connectivity index (χ0n) is 20.8. The number of alkyl halides is 4. The summed E-state index contributed by atoms with van der Waals surface area (Å²) in [6.07, 6.45) is -5.68. The van der Waals surface area contributed by atoms with Crippen molar-refractivity contribution in [3.05, 3.63) is 52.1 Å². The molecule has 0 spiro atoms. The first kappa shape index (κ1) is 29.6. The Kier molecular flexibility index (Phi) is 8.37. The van der Waals surface area contributed by atoms with Crippen molar-refractivity contribution in [1.29, 1.82) is 0 Å². The number of nitrogens with one attached hydrogen (secondary N) is 2. The van der Waals surface area contributed by atoms with Crippen molar-refractivity contribution in [2.45, 2.75) is 30.9 Å². The van der Waals surface area contributed by atoms with Gasteiger partial charge in [0.1, 0.15) is 18.0 Å². The Labute approximate surface area is 236 Å². The molecule has 41 heavy (non-hydrogen) atoms. The Morgan fingerprint density at radius 2 is 1.95 bits per heavy atom. The molecule has 0 saturated carbocycles.